The molecule has 0 aromatic carbocycles. The topological polar surface area (TPSA) is 52.3 Å². The molecule has 0 heterocycles. The van der Waals surface area contributed by atoms with Crippen molar-refractivity contribution in [2.45, 2.75) is 122 Å². The third kappa shape index (κ3) is 21.3. The first-order valence-corrected chi connectivity index (χ1v) is 10.7. The Bertz CT molecular complexity index is 256. The number of carbonyl (C=O) groups excluding carboxylic acids is 1. The van der Waals surface area contributed by atoms with Gasteiger partial charge < -0.3 is 10.5 Å². The maximum absolute atomic E-state index is 10.4. The zero-order valence-electron chi connectivity index (χ0n) is 16.3. The van der Waals surface area contributed by atoms with Gasteiger partial charge in [-0.05, 0) is 6.42 Å². The largest absolute Gasteiger partial charge is 0.450 e. The number of rotatable bonds is 19. The Morgan fingerprint density at radius 3 is 1.17 bits per heavy atom. The quantitative estimate of drug-likeness (QED) is 0.254. The second-order valence-electron chi connectivity index (χ2n) is 7.18. The molecule has 0 fully saturated rings. The SMILES string of the molecule is CCCCCCCCCCCCCCCCCCCCOC(N)=O. The highest BCUT2D eigenvalue weighted by Gasteiger charge is 1.96. The van der Waals surface area contributed by atoms with Crippen LogP contribution in [0.3, 0.4) is 0 Å². The van der Waals surface area contributed by atoms with Gasteiger partial charge in [-0.2, -0.15) is 0 Å². The molecule has 1 amide bonds. The Labute approximate surface area is 151 Å². The summed E-state index contributed by atoms with van der Waals surface area (Å²) in [5, 5.41) is 0. The summed E-state index contributed by atoms with van der Waals surface area (Å²) >= 11 is 0. The summed E-state index contributed by atoms with van der Waals surface area (Å²) in [6.45, 7) is 2.76. The van der Waals surface area contributed by atoms with Crippen LogP contribution in [0.15, 0.2) is 0 Å². The van der Waals surface area contributed by atoms with Crippen molar-refractivity contribution in [1.82, 2.24) is 0 Å². The predicted molar refractivity (Wildman–Crippen MR) is 104 cm³/mol. The maximum atomic E-state index is 10.4. The molecule has 3 nitrogen and oxygen atoms in total. The molecule has 0 aliphatic heterocycles. The van der Waals surface area contributed by atoms with Gasteiger partial charge in [0.1, 0.15) is 0 Å². The lowest BCUT2D eigenvalue weighted by molar-refractivity contribution is 0.154. The Balaban J connectivity index is 2.97. The van der Waals surface area contributed by atoms with Gasteiger partial charge in [0.05, 0.1) is 6.61 Å². The lowest BCUT2D eigenvalue weighted by Crippen LogP contribution is -2.13. The third-order valence-electron chi connectivity index (χ3n) is 4.74. The van der Waals surface area contributed by atoms with Crippen LogP contribution in [0.1, 0.15) is 122 Å². The summed E-state index contributed by atoms with van der Waals surface area (Å²) in [6.07, 6.45) is 23.9. The Morgan fingerprint density at radius 2 is 0.875 bits per heavy atom. The van der Waals surface area contributed by atoms with Gasteiger partial charge in [0.15, 0.2) is 0 Å². The second-order valence-corrected chi connectivity index (χ2v) is 7.18. The Morgan fingerprint density at radius 1 is 0.583 bits per heavy atom. The minimum Gasteiger partial charge on any atom is -0.450 e. The Hall–Kier alpha value is -0.730. The smallest absolute Gasteiger partial charge is 0.404 e. The summed E-state index contributed by atoms with van der Waals surface area (Å²) < 4.78 is 4.71. The summed E-state index contributed by atoms with van der Waals surface area (Å²) in [6, 6.07) is 0. The molecule has 2 N–H and O–H groups in total. The van der Waals surface area contributed by atoms with Crippen LogP contribution in [0.25, 0.3) is 0 Å². The van der Waals surface area contributed by atoms with E-state index in [0.717, 1.165) is 12.8 Å². The molecule has 0 radical (unpaired) electrons. The van der Waals surface area contributed by atoms with Crippen molar-refractivity contribution in [2.24, 2.45) is 5.73 Å². The van der Waals surface area contributed by atoms with E-state index in [-0.39, 0.29) is 0 Å². The van der Waals surface area contributed by atoms with Crippen LogP contribution in [0, 0.1) is 0 Å². The van der Waals surface area contributed by atoms with Gasteiger partial charge in [-0.15, -0.1) is 0 Å². The monoisotopic (exact) mass is 341 g/mol. The molecule has 0 spiro atoms. The molecule has 0 aromatic rings. The van der Waals surface area contributed by atoms with E-state index in [9.17, 15) is 4.79 Å². The van der Waals surface area contributed by atoms with Crippen LogP contribution in [0.4, 0.5) is 4.79 Å². The highest BCUT2D eigenvalue weighted by molar-refractivity contribution is 5.64. The van der Waals surface area contributed by atoms with E-state index in [1.54, 1.807) is 0 Å². The minimum absolute atomic E-state index is 0.480. The zero-order valence-corrected chi connectivity index (χ0v) is 16.3. The third-order valence-corrected chi connectivity index (χ3v) is 4.74. The van der Waals surface area contributed by atoms with E-state index in [2.05, 4.69) is 6.92 Å². The molecular weight excluding hydrogens is 298 g/mol. The standard InChI is InChI=1S/C21H43NO2/c1-2-3-4-5-6-7-8-9-10-11-12-13-14-15-16-17-18-19-20-24-21(22)23/h2-20H2,1H3,(H2,22,23). The summed E-state index contributed by atoms with van der Waals surface area (Å²) in [5.41, 5.74) is 4.91. The fourth-order valence-corrected chi connectivity index (χ4v) is 3.18. The van der Waals surface area contributed by atoms with Crippen LogP contribution in [-0.2, 0) is 4.74 Å². The summed E-state index contributed by atoms with van der Waals surface area (Å²) in [7, 11) is 0. The molecule has 0 aliphatic rings. The molecule has 144 valence electrons. The average molecular weight is 342 g/mol. The number of hydrogen-bond acceptors (Lipinski definition) is 2. The van der Waals surface area contributed by atoms with E-state index < -0.39 is 6.09 Å². The average Bonchev–Trinajstić information content (AvgIpc) is 2.56. The van der Waals surface area contributed by atoms with Crippen molar-refractivity contribution in [1.29, 1.82) is 0 Å². The van der Waals surface area contributed by atoms with Crippen molar-refractivity contribution in [2.75, 3.05) is 6.61 Å². The number of hydrogen-bond donors (Lipinski definition) is 1. The number of primary amides is 1. The fourth-order valence-electron chi connectivity index (χ4n) is 3.18. The number of unbranched alkanes of at least 4 members (excludes halogenated alkanes) is 17. The van der Waals surface area contributed by atoms with Crippen LogP contribution in [0.2, 0.25) is 0 Å². The van der Waals surface area contributed by atoms with Gasteiger partial charge in [0, 0.05) is 0 Å². The lowest BCUT2D eigenvalue weighted by atomic mass is 10.0. The second kappa shape index (κ2) is 20.3. The van der Waals surface area contributed by atoms with Crippen molar-refractivity contribution in [3.8, 4) is 0 Å². The molecule has 0 rings (SSSR count). The van der Waals surface area contributed by atoms with Gasteiger partial charge in [-0.1, -0.05) is 116 Å². The Kier molecular flexibility index (Phi) is 19.7. The van der Waals surface area contributed by atoms with Crippen molar-refractivity contribution in [3.05, 3.63) is 0 Å². The predicted octanol–water partition coefficient (Wildman–Crippen LogP) is 7.12. The van der Waals surface area contributed by atoms with E-state index in [1.807, 2.05) is 0 Å². The number of ether oxygens (including phenoxy) is 1. The number of amides is 1. The first kappa shape index (κ1) is 23.3. The van der Waals surface area contributed by atoms with E-state index in [4.69, 9.17) is 10.5 Å². The lowest BCUT2D eigenvalue weighted by Gasteiger charge is -2.04. The van der Waals surface area contributed by atoms with Gasteiger partial charge in [0.2, 0.25) is 0 Å². The molecule has 0 aliphatic carbocycles. The number of nitrogens with two attached hydrogens (primary N) is 1. The van der Waals surface area contributed by atoms with E-state index >= 15 is 0 Å². The maximum Gasteiger partial charge on any atom is 0.404 e. The highest BCUT2D eigenvalue weighted by Crippen LogP contribution is 2.14. The molecule has 0 saturated heterocycles. The normalized spacial score (nSPS) is 10.9. The fraction of sp³-hybridized carbons (Fsp3) is 0.952. The molecular formula is C21H43NO2. The van der Waals surface area contributed by atoms with Gasteiger partial charge >= 0.3 is 6.09 Å². The summed E-state index contributed by atoms with van der Waals surface area (Å²) in [5.74, 6) is 0. The van der Waals surface area contributed by atoms with Crippen molar-refractivity contribution < 1.29 is 9.53 Å². The van der Waals surface area contributed by atoms with Crippen molar-refractivity contribution in [3.63, 3.8) is 0 Å². The van der Waals surface area contributed by atoms with Crippen molar-refractivity contribution >= 4 is 6.09 Å². The van der Waals surface area contributed by atoms with Gasteiger partial charge in [-0.25, -0.2) is 4.79 Å². The molecule has 0 saturated carbocycles. The van der Waals surface area contributed by atoms with Gasteiger partial charge in [0.25, 0.3) is 0 Å². The van der Waals surface area contributed by atoms with E-state index in [1.165, 1.54) is 103 Å². The number of carbonyl (C=O) groups is 1. The molecule has 0 atom stereocenters. The molecule has 0 aromatic heterocycles. The molecule has 0 bridgehead atoms. The summed E-state index contributed by atoms with van der Waals surface area (Å²) in [4.78, 5) is 10.4. The van der Waals surface area contributed by atoms with Crippen LogP contribution in [0.5, 0.6) is 0 Å². The minimum atomic E-state index is -0.651. The molecule has 24 heavy (non-hydrogen) atoms. The van der Waals surface area contributed by atoms with Crippen LogP contribution in [-0.4, -0.2) is 12.7 Å². The molecule has 3 heteroatoms. The van der Waals surface area contributed by atoms with E-state index in [0.29, 0.717) is 6.61 Å². The molecule has 0 unspecified atom stereocenters. The first-order valence-electron chi connectivity index (χ1n) is 10.7. The van der Waals surface area contributed by atoms with Crippen LogP contribution >= 0.6 is 0 Å². The van der Waals surface area contributed by atoms with Crippen LogP contribution < -0.4 is 5.73 Å². The first-order chi connectivity index (χ1) is 11.8. The highest BCUT2D eigenvalue weighted by atomic mass is 16.5. The van der Waals surface area contributed by atoms with Gasteiger partial charge in [-0.3, -0.25) is 0 Å². The zero-order chi connectivity index (χ0) is 17.7.